The van der Waals surface area contributed by atoms with Crippen LogP contribution in [0.4, 0.5) is 0 Å². The predicted molar refractivity (Wildman–Crippen MR) is 145 cm³/mol. The molecule has 3 heterocycles. The standard InChI is InChI=1S/C32H21N3/c1-3-13-29-22(8-1)16-18-30(34-29)24-15-17-27-26-11-2-4-14-31(26)35(32(27)21-24)25-10-7-9-23(20-25)28-12-5-6-19-33-28/h1-21H. The van der Waals surface area contributed by atoms with Crippen molar-refractivity contribution in [2.75, 3.05) is 0 Å². The molecule has 0 bridgehead atoms. The van der Waals surface area contributed by atoms with Crippen LogP contribution >= 0.6 is 0 Å². The molecule has 0 unspecified atom stereocenters. The molecular formula is C32H21N3. The molecule has 0 radical (unpaired) electrons. The molecule has 0 amide bonds. The van der Waals surface area contributed by atoms with E-state index in [1.54, 1.807) is 0 Å². The zero-order chi connectivity index (χ0) is 23.2. The van der Waals surface area contributed by atoms with Crippen molar-refractivity contribution in [3.8, 4) is 28.2 Å². The lowest BCUT2D eigenvalue weighted by Gasteiger charge is -2.11. The van der Waals surface area contributed by atoms with Crippen molar-refractivity contribution in [2.45, 2.75) is 0 Å². The van der Waals surface area contributed by atoms with Gasteiger partial charge in [0, 0.05) is 39.2 Å². The smallest absolute Gasteiger partial charge is 0.0710 e. The summed E-state index contributed by atoms with van der Waals surface area (Å²) in [6.45, 7) is 0. The van der Waals surface area contributed by atoms with Crippen molar-refractivity contribution < 1.29 is 0 Å². The molecule has 35 heavy (non-hydrogen) atoms. The van der Waals surface area contributed by atoms with Crippen molar-refractivity contribution in [3.63, 3.8) is 0 Å². The van der Waals surface area contributed by atoms with Crippen LogP contribution in [0.15, 0.2) is 128 Å². The van der Waals surface area contributed by atoms with Gasteiger partial charge in [-0.1, -0.05) is 72.8 Å². The quantitative estimate of drug-likeness (QED) is 0.274. The van der Waals surface area contributed by atoms with E-state index in [9.17, 15) is 0 Å². The molecule has 0 fully saturated rings. The van der Waals surface area contributed by atoms with Crippen LogP contribution in [-0.4, -0.2) is 14.5 Å². The Labute approximate surface area is 203 Å². The van der Waals surface area contributed by atoms with E-state index in [-0.39, 0.29) is 0 Å². The number of aromatic nitrogens is 3. The Bertz CT molecular complexity index is 1850. The third kappa shape index (κ3) is 3.29. The molecule has 0 aliphatic heterocycles. The summed E-state index contributed by atoms with van der Waals surface area (Å²) in [4.78, 5) is 9.50. The lowest BCUT2D eigenvalue weighted by atomic mass is 10.1. The molecule has 0 saturated carbocycles. The normalized spacial score (nSPS) is 11.4. The highest BCUT2D eigenvalue weighted by Gasteiger charge is 2.14. The fourth-order valence-electron chi connectivity index (χ4n) is 4.97. The molecule has 3 nitrogen and oxygen atoms in total. The predicted octanol–water partition coefficient (Wildman–Crippen LogP) is 8.06. The third-order valence-corrected chi connectivity index (χ3v) is 6.63. The molecule has 164 valence electrons. The molecule has 0 spiro atoms. The summed E-state index contributed by atoms with van der Waals surface area (Å²) in [6, 6.07) is 42.4. The molecule has 0 saturated heterocycles. The van der Waals surface area contributed by atoms with Crippen LogP contribution in [0.5, 0.6) is 0 Å². The van der Waals surface area contributed by atoms with Gasteiger partial charge >= 0.3 is 0 Å². The first-order chi connectivity index (χ1) is 17.3. The van der Waals surface area contributed by atoms with Gasteiger partial charge in [0.05, 0.1) is 27.9 Å². The Kier molecular flexibility index (Phi) is 4.46. The van der Waals surface area contributed by atoms with E-state index in [4.69, 9.17) is 4.98 Å². The number of pyridine rings is 2. The fraction of sp³-hybridized carbons (Fsp3) is 0. The Morgan fingerprint density at radius 3 is 2.29 bits per heavy atom. The minimum absolute atomic E-state index is 0.969. The van der Waals surface area contributed by atoms with E-state index in [1.165, 1.54) is 16.3 Å². The topological polar surface area (TPSA) is 30.7 Å². The monoisotopic (exact) mass is 447 g/mol. The van der Waals surface area contributed by atoms with E-state index in [1.807, 2.05) is 30.5 Å². The molecule has 0 aliphatic carbocycles. The van der Waals surface area contributed by atoms with Crippen molar-refractivity contribution in [1.82, 2.24) is 14.5 Å². The number of hydrogen-bond acceptors (Lipinski definition) is 2. The zero-order valence-electron chi connectivity index (χ0n) is 19.0. The maximum Gasteiger partial charge on any atom is 0.0710 e. The molecule has 3 aromatic heterocycles. The largest absolute Gasteiger partial charge is 0.309 e. The summed E-state index contributed by atoms with van der Waals surface area (Å²) in [5, 5.41) is 3.62. The Morgan fingerprint density at radius 2 is 1.34 bits per heavy atom. The van der Waals surface area contributed by atoms with Gasteiger partial charge in [-0.15, -0.1) is 0 Å². The van der Waals surface area contributed by atoms with Crippen LogP contribution in [0.1, 0.15) is 0 Å². The van der Waals surface area contributed by atoms with Crippen molar-refractivity contribution in [1.29, 1.82) is 0 Å². The van der Waals surface area contributed by atoms with Crippen LogP contribution in [0.3, 0.4) is 0 Å². The van der Waals surface area contributed by atoms with Gasteiger partial charge in [0.2, 0.25) is 0 Å². The first-order valence-electron chi connectivity index (χ1n) is 11.8. The minimum atomic E-state index is 0.969. The second-order valence-corrected chi connectivity index (χ2v) is 8.74. The van der Waals surface area contributed by atoms with E-state index in [2.05, 4.69) is 107 Å². The Hall–Kier alpha value is -4.76. The average molecular weight is 448 g/mol. The lowest BCUT2D eigenvalue weighted by Crippen LogP contribution is -1.95. The van der Waals surface area contributed by atoms with Crippen LogP contribution in [0.25, 0.3) is 60.9 Å². The molecule has 3 heteroatoms. The van der Waals surface area contributed by atoms with Crippen molar-refractivity contribution in [3.05, 3.63) is 128 Å². The number of nitrogens with zero attached hydrogens (tertiary/aromatic N) is 3. The van der Waals surface area contributed by atoms with Gasteiger partial charge in [-0.25, -0.2) is 4.98 Å². The van der Waals surface area contributed by atoms with E-state index in [0.717, 1.165) is 44.6 Å². The zero-order valence-corrected chi connectivity index (χ0v) is 19.0. The van der Waals surface area contributed by atoms with Gasteiger partial charge in [-0.05, 0) is 48.5 Å². The SMILES string of the molecule is c1ccc(-c2cccc(-n3c4ccccc4c4ccc(-c5ccc6ccccc6n5)cc43)c2)nc1. The highest BCUT2D eigenvalue weighted by Crippen LogP contribution is 2.35. The van der Waals surface area contributed by atoms with Gasteiger partial charge in [0.15, 0.2) is 0 Å². The summed E-state index contributed by atoms with van der Waals surface area (Å²) in [5.74, 6) is 0. The second-order valence-electron chi connectivity index (χ2n) is 8.74. The molecule has 4 aromatic carbocycles. The first kappa shape index (κ1) is 19.7. The molecule has 7 rings (SSSR count). The molecule has 7 aromatic rings. The number of benzene rings is 4. The van der Waals surface area contributed by atoms with Crippen molar-refractivity contribution in [2.24, 2.45) is 0 Å². The highest BCUT2D eigenvalue weighted by molar-refractivity contribution is 6.10. The maximum absolute atomic E-state index is 4.94. The third-order valence-electron chi connectivity index (χ3n) is 6.63. The van der Waals surface area contributed by atoms with Gasteiger partial charge in [0.25, 0.3) is 0 Å². The molecule has 0 N–H and O–H groups in total. The van der Waals surface area contributed by atoms with E-state index in [0.29, 0.717) is 0 Å². The second kappa shape index (κ2) is 7.93. The van der Waals surface area contributed by atoms with E-state index < -0.39 is 0 Å². The molecular weight excluding hydrogens is 426 g/mol. The van der Waals surface area contributed by atoms with Gasteiger partial charge in [0.1, 0.15) is 0 Å². The van der Waals surface area contributed by atoms with Gasteiger partial charge in [-0.3, -0.25) is 4.98 Å². The Morgan fingerprint density at radius 1 is 0.514 bits per heavy atom. The van der Waals surface area contributed by atoms with Crippen molar-refractivity contribution >= 4 is 32.7 Å². The van der Waals surface area contributed by atoms with Crippen LogP contribution in [0, 0.1) is 0 Å². The Balaban J connectivity index is 1.47. The van der Waals surface area contributed by atoms with Gasteiger partial charge < -0.3 is 4.57 Å². The van der Waals surface area contributed by atoms with Crippen LogP contribution in [0.2, 0.25) is 0 Å². The lowest BCUT2D eigenvalue weighted by molar-refractivity contribution is 1.18. The summed E-state index contributed by atoms with van der Waals surface area (Å²) in [6.07, 6.45) is 1.84. The number of rotatable bonds is 3. The summed E-state index contributed by atoms with van der Waals surface area (Å²) in [7, 11) is 0. The highest BCUT2D eigenvalue weighted by atomic mass is 15.0. The minimum Gasteiger partial charge on any atom is -0.309 e. The summed E-state index contributed by atoms with van der Waals surface area (Å²) < 4.78 is 2.35. The maximum atomic E-state index is 4.94. The fourth-order valence-corrected chi connectivity index (χ4v) is 4.97. The van der Waals surface area contributed by atoms with Crippen LogP contribution < -0.4 is 0 Å². The van der Waals surface area contributed by atoms with Crippen LogP contribution in [-0.2, 0) is 0 Å². The summed E-state index contributed by atoms with van der Waals surface area (Å²) in [5.41, 5.74) is 8.62. The number of hydrogen-bond donors (Lipinski definition) is 0. The average Bonchev–Trinajstić information content (AvgIpc) is 3.27. The van der Waals surface area contributed by atoms with Gasteiger partial charge in [-0.2, -0.15) is 0 Å². The van der Waals surface area contributed by atoms with E-state index >= 15 is 0 Å². The molecule has 0 aliphatic rings. The molecule has 0 atom stereocenters. The number of fused-ring (bicyclic) bond motifs is 4. The summed E-state index contributed by atoms with van der Waals surface area (Å²) >= 11 is 0. The number of para-hydroxylation sites is 2. The first-order valence-corrected chi connectivity index (χ1v) is 11.8.